The Labute approximate surface area is 117 Å². The standard InChI is InChI=1S/C12H17NO4S2/c1-9-10(12(14)15)5-3-6-11(9)19(16,17)13-7-4-8-18-2/h3,5-6,13H,4,7-8H2,1-2H3,(H,14,15). The van der Waals surface area contributed by atoms with Crippen molar-refractivity contribution in [1.82, 2.24) is 4.72 Å². The Hall–Kier alpha value is -1.05. The van der Waals surface area contributed by atoms with Crippen LogP contribution < -0.4 is 4.72 Å². The topological polar surface area (TPSA) is 83.5 Å². The predicted molar refractivity (Wildman–Crippen MR) is 76.3 cm³/mol. The predicted octanol–water partition coefficient (Wildman–Crippen LogP) is 1.72. The average Bonchev–Trinajstić information content (AvgIpc) is 2.34. The zero-order chi connectivity index (χ0) is 14.5. The highest BCUT2D eigenvalue weighted by Gasteiger charge is 2.19. The first-order chi connectivity index (χ1) is 8.90. The first-order valence-electron chi connectivity index (χ1n) is 5.71. The van der Waals surface area contributed by atoms with Crippen LogP contribution in [0.3, 0.4) is 0 Å². The first kappa shape index (κ1) is 16.0. The third kappa shape index (κ3) is 4.22. The van der Waals surface area contributed by atoms with Gasteiger partial charge in [-0.2, -0.15) is 11.8 Å². The number of aromatic carboxylic acids is 1. The molecule has 0 saturated carbocycles. The maximum absolute atomic E-state index is 12.1. The van der Waals surface area contributed by atoms with Crippen LogP contribution in [-0.4, -0.2) is 38.0 Å². The van der Waals surface area contributed by atoms with Crippen LogP contribution in [0.5, 0.6) is 0 Å². The maximum atomic E-state index is 12.1. The summed E-state index contributed by atoms with van der Waals surface area (Å²) >= 11 is 1.64. The molecular formula is C12H17NO4S2. The number of thioether (sulfide) groups is 1. The molecule has 0 bridgehead atoms. The molecule has 0 spiro atoms. The van der Waals surface area contributed by atoms with E-state index < -0.39 is 16.0 Å². The highest BCUT2D eigenvalue weighted by Crippen LogP contribution is 2.18. The van der Waals surface area contributed by atoms with Gasteiger partial charge in [0.2, 0.25) is 10.0 Å². The van der Waals surface area contributed by atoms with E-state index >= 15 is 0 Å². The highest BCUT2D eigenvalue weighted by molar-refractivity contribution is 7.98. The number of hydrogen-bond donors (Lipinski definition) is 2. The van der Waals surface area contributed by atoms with Gasteiger partial charge in [0.15, 0.2) is 0 Å². The van der Waals surface area contributed by atoms with Crippen molar-refractivity contribution in [2.45, 2.75) is 18.2 Å². The number of hydrogen-bond acceptors (Lipinski definition) is 4. The van der Waals surface area contributed by atoms with Gasteiger partial charge in [-0.25, -0.2) is 17.9 Å². The van der Waals surface area contributed by atoms with Crippen LogP contribution in [-0.2, 0) is 10.0 Å². The summed E-state index contributed by atoms with van der Waals surface area (Å²) in [5.74, 6) is -0.256. The van der Waals surface area contributed by atoms with Crippen LogP contribution in [0, 0.1) is 6.92 Å². The average molecular weight is 303 g/mol. The smallest absolute Gasteiger partial charge is 0.335 e. The fourth-order valence-electron chi connectivity index (χ4n) is 1.64. The number of carboxylic acids is 1. The SMILES string of the molecule is CSCCCNS(=O)(=O)c1cccc(C(=O)O)c1C. The number of nitrogens with one attached hydrogen (secondary N) is 1. The first-order valence-corrected chi connectivity index (χ1v) is 8.59. The molecule has 0 aliphatic carbocycles. The summed E-state index contributed by atoms with van der Waals surface area (Å²) in [4.78, 5) is 11.0. The van der Waals surface area contributed by atoms with Crippen molar-refractivity contribution in [3.63, 3.8) is 0 Å². The van der Waals surface area contributed by atoms with E-state index in [1.165, 1.54) is 25.1 Å². The van der Waals surface area contributed by atoms with Crippen LogP contribution in [0.25, 0.3) is 0 Å². The van der Waals surface area contributed by atoms with Gasteiger partial charge < -0.3 is 5.11 Å². The lowest BCUT2D eigenvalue weighted by Gasteiger charge is -2.10. The molecule has 0 amide bonds. The Morgan fingerprint density at radius 2 is 2.11 bits per heavy atom. The van der Waals surface area contributed by atoms with Gasteiger partial charge >= 0.3 is 5.97 Å². The van der Waals surface area contributed by atoms with Crippen LogP contribution in [0.2, 0.25) is 0 Å². The Balaban J connectivity index is 2.96. The Morgan fingerprint density at radius 1 is 1.42 bits per heavy atom. The molecule has 0 aromatic heterocycles. The van der Waals surface area contributed by atoms with Crippen molar-refractivity contribution in [1.29, 1.82) is 0 Å². The fourth-order valence-corrected chi connectivity index (χ4v) is 3.41. The fraction of sp³-hybridized carbons (Fsp3) is 0.417. The molecule has 0 aliphatic heterocycles. The molecule has 0 atom stereocenters. The van der Waals surface area contributed by atoms with E-state index in [4.69, 9.17) is 5.11 Å². The molecular weight excluding hydrogens is 286 g/mol. The van der Waals surface area contributed by atoms with Gasteiger partial charge in [0.25, 0.3) is 0 Å². The van der Waals surface area contributed by atoms with Gasteiger partial charge in [-0.15, -0.1) is 0 Å². The third-order valence-corrected chi connectivity index (χ3v) is 4.92. The monoisotopic (exact) mass is 303 g/mol. The zero-order valence-electron chi connectivity index (χ0n) is 10.8. The second-order valence-corrected chi connectivity index (χ2v) is 6.70. The molecule has 0 unspecified atom stereocenters. The molecule has 0 fully saturated rings. The van der Waals surface area contributed by atoms with E-state index in [0.717, 1.165) is 12.2 Å². The number of carboxylic acid groups (broad SMARTS) is 1. The van der Waals surface area contributed by atoms with Crippen molar-refractivity contribution in [3.8, 4) is 0 Å². The molecule has 7 heteroatoms. The minimum atomic E-state index is -3.65. The van der Waals surface area contributed by atoms with Crippen molar-refractivity contribution >= 4 is 27.8 Å². The van der Waals surface area contributed by atoms with Gasteiger partial charge in [-0.1, -0.05) is 6.07 Å². The molecule has 106 valence electrons. The van der Waals surface area contributed by atoms with Crippen LogP contribution in [0.15, 0.2) is 23.1 Å². The number of rotatable bonds is 7. The summed E-state index contributed by atoms with van der Waals surface area (Å²) < 4.78 is 26.6. The lowest BCUT2D eigenvalue weighted by atomic mass is 10.1. The molecule has 5 nitrogen and oxygen atoms in total. The molecule has 0 saturated heterocycles. The van der Waals surface area contributed by atoms with Crippen molar-refractivity contribution in [2.24, 2.45) is 0 Å². The Morgan fingerprint density at radius 3 is 2.68 bits per heavy atom. The number of benzene rings is 1. The zero-order valence-corrected chi connectivity index (χ0v) is 12.5. The highest BCUT2D eigenvalue weighted by atomic mass is 32.2. The minimum Gasteiger partial charge on any atom is -0.478 e. The van der Waals surface area contributed by atoms with Gasteiger partial charge in [-0.05, 0) is 43.0 Å². The van der Waals surface area contributed by atoms with Crippen LogP contribution in [0.1, 0.15) is 22.3 Å². The second-order valence-electron chi connectivity index (χ2n) is 3.98. The van der Waals surface area contributed by atoms with Gasteiger partial charge in [0, 0.05) is 6.54 Å². The van der Waals surface area contributed by atoms with Crippen LogP contribution >= 0.6 is 11.8 Å². The molecule has 0 aliphatic rings. The molecule has 0 heterocycles. The summed E-state index contributed by atoms with van der Waals surface area (Å²) in [6.07, 6.45) is 2.69. The van der Waals surface area contributed by atoms with Crippen molar-refractivity contribution in [2.75, 3.05) is 18.6 Å². The molecule has 0 radical (unpaired) electrons. The van der Waals surface area contributed by atoms with Crippen LogP contribution in [0.4, 0.5) is 0 Å². The summed E-state index contributed by atoms with van der Waals surface area (Å²) in [5, 5.41) is 8.98. The largest absolute Gasteiger partial charge is 0.478 e. The third-order valence-electron chi connectivity index (χ3n) is 2.62. The maximum Gasteiger partial charge on any atom is 0.335 e. The lowest BCUT2D eigenvalue weighted by molar-refractivity contribution is 0.0696. The number of sulfonamides is 1. The molecule has 19 heavy (non-hydrogen) atoms. The van der Waals surface area contributed by atoms with E-state index in [1.807, 2.05) is 6.26 Å². The quantitative estimate of drug-likeness (QED) is 0.749. The van der Waals surface area contributed by atoms with E-state index in [2.05, 4.69) is 4.72 Å². The van der Waals surface area contributed by atoms with E-state index in [-0.39, 0.29) is 16.0 Å². The van der Waals surface area contributed by atoms with E-state index in [9.17, 15) is 13.2 Å². The molecule has 1 rings (SSSR count). The second kappa shape index (κ2) is 6.93. The lowest BCUT2D eigenvalue weighted by Crippen LogP contribution is -2.26. The minimum absolute atomic E-state index is 0.00647. The summed E-state index contributed by atoms with van der Waals surface area (Å²) in [6.45, 7) is 1.85. The molecule has 2 N–H and O–H groups in total. The van der Waals surface area contributed by atoms with E-state index in [1.54, 1.807) is 11.8 Å². The summed E-state index contributed by atoms with van der Waals surface area (Å²) in [7, 11) is -3.65. The molecule has 1 aromatic carbocycles. The van der Waals surface area contributed by atoms with Gasteiger partial charge in [0.1, 0.15) is 0 Å². The van der Waals surface area contributed by atoms with Crippen molar-refractivity contribution in [3.05, 3.63) is 29.3 Å². The molecule has 1 aromatic rings. The Kier molecular flexibility index (Phi) is 5.84. The van der Waals surface area contributed by atoms with Crippen molar-refractivity contribution < 1.29 is 18.3 Å². The summed E-state index contributed by atoms with van der Waals surface area (Å²) in [6, 6.07) is 4.25. The number of carbonyl (C=O) groups is 1. The van der Waals surface area contributed by atoms with Gasteiger partial charge in [-0.3, -0.25) is 0 Å². The Bertz CT molecular complexity index is 555. The normalized spacial score (nSPS) is 11.5. The van der Waals surface area contributed by atoms with E-state index in [0.29, 0.717) is 6.54 Å². The van der Waals surface area contributed by atoms with Gasteiger partial charge in [0.05, 0.1) is 10.5 Å². The summed E-state index contributed by atoms with van der Waals surface area (Å²) in [5.41, 5.74) is 0.263.